The molecule has 5 N–H and O–H groups in total. The van der Waals surface area contributed by atoms with Crippen LogP contribution in [-0.2, 0) is 0 Å². The van der Waals surface area contributed by atoms with Crippen molar-refractivity contribution in [1.82, 2.24) is 0 Å². The van der Waals surface area contributed by atoms with Crippen LogP contribution in [0.25, 0.3) is 11.1 Å². The van der Waals surface area contributed by atoms with Gasteiger partial charge < -0.3 is 16.6 Å². The van der Waals surface area contributed by atoms with Gasteiger partial charge in [-0.15, -0.1) is 5.10 Å². The van der Waals surface area contributed by atoms with E-state index in [4.69, 9.17) is 11.5 Å². The molecule has 0 radical (unpaired) electrons. The highest BCUT2D eigenvalue weighted by Crippen LogP contribution is 2.22. The van der Waals surface area contributed by atoms with Crippen LogP contribution in [0.15, 0.2) is 58.7 Å². The van der Waals surface area contributed by atoms with Crippen LogP contribution in [0.3, 0.4) is 0 Å². The van der Waals surface area contributed by atoms with Gasteiger partial charge in [-0.3, -0.25) is 0 Å². The molecule has 2 aromatic carbocycles. The van der Waals surface area contributed by atoms with E-state index in [2.05, 4.69) is 10.2 Å². The number of hydrogen-bond donors (Lipinski definition) is 3. The first-order valence-corrected chi connectivity index (χ1v) is 5.66. The van der Waals surface area contributed by atoms with Gasteiger partial charge in [0.05, 0.1) is 6.21 Å². The second-order valence-electron chi connectivity index (χ2n) is 3.94. The number of phenolic OH excluding ortho intramolecular Hbond substituents is 1. The molecule has 5 nitrogen and oxygen atoms in total. The lowest BCUT2D eigenvalue weighted by Gasteiger charge is -2.02. The number of phenols is 1. The molecule has 0 atom stereocenters. The number of guanidine groups is 1. The highest BCUT2D eigenvalue weighted by atomic mass is 16.3. The zero-order valence-electron chi connectivity index (χ0n) is 10.2. The minimum Gasteiger partial charge on any atom is -0.508 e. The summed E-state index contributed by atoms with van der Waals surface area (Å²) in [7, 11) is 0. The maximum Gasteiger partial charge on any atom is 0.211 e. The van der Waals surface area contributed by atoms with Gasteiger partial charge in [-0.2, -0.15) is 5.10 Å². The van der Waals surface area contributed by atoms with E-state index < -0.39 is 0 Å². The Hall–Kier alpha value is -2.82. The largest absolute Gasteiger partial charge is 0.508 e. The predicted molar refractivity (Wildman–Crippen MR) is 76.9 cm³/mol. The molecular weight excluding hydrogens is 240 g/mol. The molecule has 0 aliphatic heterocycles. The lowest BCUT2D eigenvalue weighted by molar-refractivity contribution is 0.475. The molecule has 0 aromatic heterocycles. The standard InChI is InChI=1S/C14H14N4O/c15-14(16)18-17-9-10-2-1-3-12(8-10)11-4-6-13(19)7-5-11/h1-9,19H,(H4,15,16,18). The van der Waals surface area contributed by atoms with Crippen molar-refractivity contribution in [2.45, 2.75) is 0 Å². The molecule has 0 heterocycles. The Morgan fingerprint density at radius 1 is 1.00 bits per heavy atom. The summed E-state index contributed by atoms with van der Waals surface area (Å²) in [6.45, 7) is 0. The summed E-state index contributed by atoms with van der Waals surface area (Å²) in [5.41, 5.74) is 13.3. The molecule has 0 saturated heterocycles. The second kappa shape index (κ2) is 5.68. The first-order chi connectivity index (χ1) is 9.15. The molecule has 0 saturated carbocycles. The Morgan fingerprint density at radius 2 is 1.74 bits per heavy atom. The summed E-state index contributed by atoms with van der Waals surface area (Å²) in [6, 6.07) is 14.7. The number of benzene rings is 2. The fourth-order valence-electron chi connectivity index (χ4n) is 1.61. The molecule has 2 aromatic rings. The van der Waals surface area contributed by atoms with Crippen molar-refractivity contribution in [3.8, 4) is 16.9 Å². The first-order valence-electron chi connectivity index (χ1n) is 5.66. The van der Waals surface area contributed by atoms with Crippen LogP contribution < -0.4 is 11.5 Å². The van der Waals surface area contributed by atoms with Gasteiger partial charge in [-0.1, -0.05) is 30.3 Å². The maximum absolute atomic E-state index is 9.27. The quantitative estimate of drug-likeness (QED) is 0.441. The highest BCUT2D eigenvalue weighted by Gasteiger charge is 1.98. The lowest BCUT2D eigenvalue weighted by atomic mass is 10.0. The summed E-state index contributed by atoms with van der Waals surface area (Å²) < 4.78 is 0. The van der Waals surface area contributed by atoms with Crippen LogP contribution in [0, 0.1) is 0 Å². The fraction of sp³-hybridized carbons (Fsp3) is 0. The third kappa shape index (κ3) is 3.57. The van der Waals surface area contributed by atoms with E-state index in [-0.39, 0.29) is 11.7 Å². The Labute approximate surface area is 110 Å². The van der Waals surface area contributed by atoms with E-state index in [0.29, 0.717) is 0 Å². The number of hydrogen-bond acceptors (Lipinski definition) is 3. The van der Waals surface area contributed by atoms with Crippen molar-refractivity contribution < 1.29 is 5.11 Å². The van der Waals surface area contributed by atoms with E-state index in [9.17, 15) is 5.11 Å². The molecule has 0 aliphatic rings. The molecule has 19 heavy (non-hydrogen) atoms. The number of rotatable bonds is 3. The number of aromatic hydroxyl groups is 1. The zero-order valence-corrected chi connectivity index (χ0v) is 10.2. The van der Waals surface area contributed by atoms with Crippen LogP contribution in [0.4, 0.5) is 0 Å². The number of nitrogens with two attached hydrogens (primary N) is 2. The molecule has 0 amide bonds. The average molecular weight is 254 g/mol. The van der Waals surface area contributed by atoms with Gasteiger partial charge in [0.25, 0.3) is 0 Å². The van der Waals surface area contributed by atoms with Gasteiger partial charge in [0, 0.05) is 0 Å². The topological polar surface area (TPSA) is 97.0 Å². The third-order valence-electron chi connectivity index (χ3n) is 2.47. The van der Waals surface area contributed by atoms with E-state index >= 15 is 0 Å². The van der Waals surface area contributed by atoms with Crippen molar-refractivity contribution in [1.29, 1.82) is 0 Å². The second-order valence-corrected chi connectivity index (χ2v) is 3.94. The van der Waals surface area contributed by atoms with Crippen LogP contribution in [0.2, 0.25) is 0 Å². The van der Waals surface area contributed by atoms with Crippen LogP contribution in [0.5, 0.6) is 5.75 Å². The molecule has 96 valence electrons. The predicted octanol–water partition coefficient (Wildman–Crippen LogP) is 1.67. The molecular formula is C14H14N4O. The fourth-order valence-corrected chi connectivity index (χ4v) is 1.61. The molecule has 0 spiro atoms. The molecule has 2 rings (SSSR count). The first kappa shape index (κ1) is 12.6. The smallest absolute Gasteiger partial charge is 0.211 e. The SMILES string of the molecule is NC(N)=NN=Cc1cccc(-c2ccc(O)cc2)c1. The molecule has 5 heteroatoms. The lowest BCUT2D eigenvalue weighted by Crippen LogP contribution is -2.21. The van der Waals surface area contributed by atoms with Gasteiger partial charge >= 0.3 is 0 Å². The van der Waals surface area contributed by atoms with E-state index in [0.717, 1.165) is 16.7 Å². The van der Waals surface area contributed by atoms with Gasteiger partial charge in [0.2, 0.25) is 5.96 Å². The van der Waals surface area contributed by atoms with Gasteiger partial charge in [-0.25, -0.2) is 0 Å². The molecule has 0 aliphatic carbocycles. The normalized spacial score (nSPS) is 10.5. The minimum absolute atomic E-state index is 0.0778. The highest BCUT2D eigenvalue weighted by molar-refractivity contribution is 5.83. The van der Waals surface area contributed by atoms with Gasteiger partial charge in [-0.05, 0) is 34.9 Å². The number of nitrogens with zero attached hydrogens (tertiary/aromatic N) is 2. The van der Waals surface area contributed by atoms with Gasteiger partial charge in [0.1, 0.15) is 5.75 Å². The van der Waals surface area contributed by atoms with Gasteiger partial charge in [0.15, 0.2) is 0 Å². The Kier molecular flexibility index (Phi) is 3.78. The van der Waals surface area contributed by atoms with Crippen LogP contribution in [-0.4, -0.2) is 17.3 Å². The summed E-state index contributed by atoms with van der Waals surface area (Å²) in [6.07, 6.45) is 1.57. The van der Waals surface area contributed by atoms with Crippen LogP contribution in [0.1, 0.15) is 5.56 Å². The van der Waals surface area contributed by atoms with E-state index in [1.807, 2.05) is 36.4 Å². The molecule has 0 bridgehead atoms. The molecule has 0 unspecified atom stereocenters. The monoisotopic (exact) mass is 254 g/mol. The molecule has 0 fully saturated rings. The van der Waals surface area contributed by atoms with Crippen molar-refractivity contribution >= 4 is 12.2 Å². The zero-order chi connectivity index (χ0) is 13.7. The Morgan fingerprint density at radius 3 is 2.42 bits per heavy atom. The van der Waals surface area contributed by atoms with E-state index in [1.54, 1.807) is 18.3 Å². The van der Waals surface area contributed by atoms with Crippen molar-refractivity contribution in [3.05, 3.63) is 54.1 Å². The maximum atomic E-state index is 9.27. The third-order valence-corrected chi connectivity index (χ3v) is 2.47. The van der Waals surface area contributed by atoms with Crippen molar-refractivity contribution in [2.24, 2.45) is 21.7 Å². The van der Waals surface area contributed by atoms with Crippen molar-refractivity contribution in [2.75, 3.05) is 0 Å². The summed E-state index contributed by atoms with van der Waals surface area (Å²) in [4.78, 5) is 0. The van der Waals surface area contributed by atoms with Crippen LogP contribution >= 0.6 is 0 Å². The minimum atomic E-state index is -0.0778. The van der Waals surface area contributed by atoms with Crippen molar-refractivity contribution in [3.63, 3.8) is 0 Å². The Balaban J connectivity index is 2.26. The summed E-state index contributed by atoms with van der Waals surface area (Å²) in [5.74, 6) is 0.167. The summed E-state index contributed by atoms with van der Waals surface area (Å²) in [5, 5.41) is 16.6. The summed E-state index contributed by atoms with van der Waals surface area (Å²) >= 11 is 0. The Bertz CT molecular complexity index is 614. The average Bonchev–Trinajstić information content (AvgIpc) is 2.39. The van der Waals surface area contributed by atoms with E-state index in [1.165, 1.54) is 0 Å².